The number of unbranched alkanes of at least 4 members (excludes halogenated alkanes) is 4. The van der Waals surface area contributed by atoms with Crippen LogP contribution in [0.1, 0.15) is 91.9 Å². The fourth-order valence-corrected chi connectivity index (χ4v) is 7.33. The molecule has 10 atom stereocenters. The fraction of sp³-hybridized carbons (Fsp3) is 0.893. The van der Waals surface area contributed by atoms with Gasteiger partial charge in [-0.15, -0.1) is 0 Å². The van der Waals surface area contributed by atoms with Crippen molar-refractivity contribution in [1.82, 2.24) is 0 Å². The molecule has 6 heteroatoms. The van der Waals surface area contributed by atoms with Crippen LogP contribution in [0, 0.1) is 23.7 Å². The average Bonchev–Trinajstić information content (AvgIpc) is 3.13. The lowest BCUT2D eigenvalue weighted by Gasteiger charge is -2.48. The number of carbonyl (C=O) groups excluding carboxylic acids is 1. The van der Waals surface area contributed by atoms with Crippen molar-refractivity contribution in [3.63, 3.8) is 0 Å². The van der Waals surface area contributed by atoms with Gasteiger partial charge in [-0.25, -0.2) is 0 Å². The standard InChI is InChI=1S/C28H46O6/c1-6-7-8-9-10-11-23(30)34-22-15-20(29)17(2)14-21-25-24-19(12-13-27(25,4)31)18(3)16-32-28(22,5)26(24)33-21/h18-22,24-26,29,31H,2,6-16H2,1,3-5H3/t18-,19?,20+,21?,22+,24-,25-,26?,27-,28-/m0/s1. The van der Waals surface area contributed by atoms with Gasteiger partial charge in [0.25, 0.3) is 0 Å². The van der Waals surface area contributed by atoms with Gasteiger partial charge >= 0.3 is 5.97 Å². The van der Waals surface area contributed by atoms with E-state index in [9.17, 15) is 15.0 Å². The molecule has 0 aromatic rings. The molecule has 4 aliphatic rings. The van der Waals surface area contributed by atoms with E-state index in [4.69, 9.17) is 14.2 Å². The summed E-state index contributed by atoms with van der Waals surface area (Å²) in [4.78, 5) is 12.9. The maximum Gasteiger partial charge on any atom is 0.306 e. The van der Waals surface area contributed by atoms with E-state index in [0.717, 1.165) is 32.1 Å². The van der Waals surface area contributed by atoms with Gasteiger partial charge in [0, 0.05) is 18.8 Å². The summed E-state index contributed by atoms with van der Waals surface area (Å²) in [6, 6.07) is 0. The molecule has 1 saturated carbocycles. The Morgan fingerprint density at radius 3 is 2.71 bits per heavy atom. The SMILES string of the molecule is C=C1CC2OC3[C@H]4C(CC[C@](C)(O)[C@@H]24)[C@@H](C)CO[C@@]3(C)[C@H](OC(=O)CCCCCCC)C[C@H]1O. The van der Waals surface area contributed by atoms with Gasteiger partial charge in [-0.1, -0.05) is 46.1 Å². The van der Waals surface area contributed by atoms with E-state index in [0.29, 0.717) is 36.9 Å². The fourth-order valence-electron chi connectivity index (χ4n) is 7.33. The number of carbonyl (C=O) groups is 1. The third-order valence-corrected chi connectivity index (χ3v) is 9.41. The van der Waals surface area contributed by atoms with Gasteiger partial charge in [0.05, 0.1) is 30.5 Å². The minimum atomic E-state index is -0.891. The highest BCUT2D eigenvalue weighted by Crippen LogP contribution is 2.58. The third-order valence-electron chi connectivity index (χ3n) is 9.41. The van der Waals surface area contributed by atoms with Crippen LogP contribution < -0.4 is 0 Å². The molecule has 2 bridgehead atoms. The lowest BCUT2D eigenvalue weighted by molar-refractivity contribution is -0.205. The molecule has 34 heavy (non-hydrogen) atoms. The van der Waals surface area contributed by atoms with Crippen LogP contribution in [-0.2, 0) is 19.0 Å². The zero-order chi connectivity index (χ0) is 24.7. The van der Waals surface area contributed by atoms with Crippen LogP contribution in [0.25, 0.3) is 0 Å². The first-order valence-electron chi connectivity index (χ1n) is 13.7. The predicted octanol–water partition coefficient (Wildman–Crippen LogP) is 4.56. The van der Waals surface area contributed by atoms with Crippen molar-refractivity contribution in [1.29, 1.82) is 0 Å². The number of rotatable bonds is 7. The van der Waals surface area contributed by atoms with Gasteiger partial charge in [-0.2, -0.15) is 0 Å². The molecule has 2 N–H and O–H groups in total. The maximum atomic E-state index is 12.9. The molecule has 0 spiro atoms. The highest BCUT2D eigenvalue weighted by Gasteiger charge is 2.66. The highest BCUT2D eigenvalue weighted by atomic mass is 16.6. The summed E-state index contributed by atoms with van der Waals surface area (Å²) in [7, 11) is 0. The van der Waals surface area contributed by atoms with Gasteiger partial charge in [-0.05, 0) is 62.9 Å². The van der Waals surface area contributed by atoms with Crippen molar-refractivity contribution in [2.45, 2.75) is 128 Å². The minimum Gasteiger partial charge on any atom is -0.459 e. The van der Waals surface area contributed by atoms with Crippen LogP contribution in [0.5, 0.6) is 0 Å². The number of fused-ring (bicyclic) bond motifs is 2. The Balaban J connectivity index is 1.63. The molecular weight excluding hydrogens is 432 g/mol. The number of hydrogen-bond donors (Lipinski definition) is 2. The normalized spacial score (nSPS) is 46.2. The number of ether oxygens (including phenoxy) is 3. The second-order valence-corrected chi connectivity index (χ2v) is 12.0. The number of esters is 1. The number of hydrogen-bond acceptors (Lipinski definition) is 6. The van der Waals surface area contributed by atoms with E-state index in [1.54, 1.807) is 0 Å². The minimum absolute atomic E-state index is 0.0586. The molecule has 0 aromatic carbocycles. The lowest BCUT2D eigenvalue weighted by Crippen LogP contribution is -2.58. The third kappa shape index (κ3) is 4.85. The number of aliphatic hydroxyl groups excluding tert-OH is 1. The summed E-state index contributed by atoms with van der Waals surface area (Å²) in [5.41, 5.74) is -1.06. The molecule has 3 unspecified atom stereocenters. The first kappa shape index (κ1) is 26.1. The van der Waals surface area contributed by atoms with E-state index < -0.39 is 23.4 Å². The molecule has 0 amide bonds. The largest absolute Gasteiger partial charge is 0.459 e. The van der Waals surface area contributed by atoms with Crippen LogP contribution in [0.3, 0.4) is 0 Å². The first-order valence-corrected chi connectivity index (χ1v) is 13.7. The molecule has 194 valence electrons. The average molecular weight is 479 g/mol. The van der Waals surface area contributed by atoms with Gasteiger partial charge in [0.2, 0.25) is 0 Å². The molecule has 3 aliphatic heterocycles. The zero-order valence-corrected chi connectivity index (χ0v) is 21.6. The summed E-state index contributed by atoms with van der Waals surface area (Å²) in [6.45, 7) is 13.0. The summed E-state index contributed by atoms with van der Waals surface area (Å²) >= 11 is 0. The lowest BCUT2D eigenvalue weighted by atomic mass is 9.58. The molecular formula is C28H46O6. The van der Waals surface area contributed by atoms with Crippen molar-refractivity contribution >= 4 is 5.97 Å². The van der Waals surface area contributed by atoms with E-state index in [1.807, 2.05) is 13.8 Å². The molecule has 6 nitrogen and oxygen atoms in total. The second-order valence-electron chi connectivity index (χ2n) is 12.0. The first-order chi connectivity index (χ1) is 16.1. The summed E-state index contributed by atoms with van der Waals surface area (Å²) in [5.74, 6) is 0.527. The van der Waals surface area contributed by atoms with Crippen LogP contribution in [0.2, 0.25) is 0 Å². The van der Waals surface area contributed by atoms with Crippen LogP contribution in [0.4, 0.5) is 0 Å². The van der Waals surface area contributed by atoms with Crippen molar-refractivity contribution in [3.8, 4) is 0 Å². The van der Waals surface area contributed by atoms with E-state index in [2.05, 4.69) is 20.4 Å². The Hall–Kier alpha value is -0.950. The summed E-state index contributed by atoms with van der Waals surface area (Å²) < 4.78 is 19.4. The van der Waals surface area contributed by atoms with Crippen molar-refractivity contribution < 1.29 is 29.2 Å². The van der Waals surface area contributed by atoms with E-state index in [1.165, 1.54) is 12.8 Å². The highest BCUT2D eigenvalue weighted by molar-refractivity contribution is 5.69. The molecule has 4 rings (SSSR count). The molecule has 4 fully saturated rings. The topological polar surface area (TPSA) is 85.2 Å². The Morgan fingerprint density at radius 1 is 1.24 bits per heavy atom. The Kier molecular flexibility index (Phi) is 7.83. The molecule has 0 radical (unpaired) electrons. The van der Waals surface area contributed by atoms with Crippen molar-refractivity contribution in [2.75, 3.05) is 6.61 Å². The van der Waals surface area contributed by atoms with Gasteiger partial charge in [-0.3, -0.25) is 4.79 Å². The Labute approximate surface area is 205 Å². The van der Waals surface area contributed by atoms with Gasteiger partial charge in [0.15, 0.2) is 0 Å². The molecule has 3 saturated heterocycles. The predicted molar refractivity (Wildman–Crippen MR) is 130 cm³/mol. The smallest absolute Gasteiger partial charge is 0.306 e. The monoisotopic (exact) mass is 478 g/mol. The summed E-state index contributed by atoms with van der Waals surface area (Å²) in [5, 5.41) is 22.5. The molecule has 1 aliphatic carbocycles. The van der Waals surface area contributed by atoms with E-state index in [-0.39, 0.29) is 36.4 Å². The van der Waals surface area contributed by atoms with E-state index >= 15 is 0 Å². The van der Waals surface area contributed by atoms with Crippen LogP contribution in [0.15, 0.2) is 12.2 Å². The van der Waals surface area contributed by atoms with Crippen LogP contribution in [-0.4, -0.2) is 58.4 Å². The molecule has 0 aromatic heterocycles. The Morgan fingerprint density at radius 2 is 1.97 bits per heavy atom. The zero-order valence-electron chi connectivity index (χ0n) is 21.6. The number of aliphatic hydroxyl groups is 2. The molecule has 3 heterocycles. The van der Waals surface area contributed by atoms with Crippen molar-refractivity contribution in [3.05, 3.63) is 12.2 Å². The quantitative estimate of drug-likeness (QED) is 0.317. The van der Waals surface area contributed by atoms with Gasteiger partial charge < -0.3 is 24.4 Å². The van der Waals surface area contributed by atoms with Crippen LogP contribution >= 0.6 is 0 Å². The maximum absolute atomic E-state index is 12.9. The van der Waals surface area contributed by atoms with Gasteiger partial charge in [0.1, 0.15) is 11.7 Å². The summed E-state index contributed by atoms with van der Waals surface area (Å²) in [6.07, 6.45) is 6.15. The van der Waals surface area contributed by atoms with Crippen molar-refractivity contribution in [2.24, 2.45) is 23.7 Å². The Bertz CT molecular complexity index is 749. The second kappa shape index (κ2) is 10.2.